The van der Waals surface area contributed by atoms with Crippen LogP contribution in [0.3, 0.4) is 0 Å². The van der Waals surface area contributed by atoms with E-state index in [1.807, 2.05) is 0 Å². The molecule has 0 fully saturated rings. The summed E-state index contributed by atoms with van der Waals surface area (Å²) in [5.74, 6) is -1.18. The second-order valence-corrected chi connectivity index (χ2v) is 5.95. The summed E-state index contributed by atoms with van der Waals surface area (Å²) in [5, 5.41) is 1.79. The maximum Gasteiger partial charge on any atom is 0.178 e. The van der Waals surface area contributed by atoms with Gasteiger partial charge in [0.15, 0.2) is 5.78 Å². The summed E-state index contributed by atoms with van der Waals surface area (Å²) in [4.78, 5) is 11.7. The van der Waals surface area contributed by atoms with Gasteiger partial charge in [-0.05, 0) is 23.6 Å². The molecule has 1 unspecified atom stereocenters. The van der Waals surface area contributed by atoms with Crippen molar-refractivity contribution in [3.8, 4) is 0 Å². The summed E-state index contributed by atoms with van der Waals surface area (Å²) in [6.07, 6.45) is 0. The Morgan fingerprint density at radius 1 is 1.24 bits per heavy atom. The summed E-state index contributed by atoms with van der Waals surface area (Å²) in [6, 6.07) is 9.21. The molecular formula is C12H9FO2S2. The molecule has 1 aromatic carbocycles. The molecule has 2 rings (SSSR count). The number of hydrogen-bond donors (Lipinski definition) is 0. The highest BCUT2D eigenvalue weighted by Gasteiger charge is 2.15. The topological polar surface area (TPSA) is 34.1 Å². The minimum absolute atomic E-state index is 0.00240. The first-order valence-electron chi connectivity index (χ1n) is 4.88. The summed E-state index contributed by atoms with van der Waals surface area (Å²) >= 11 is 1.33. The molecule has 1 atom stereocenters. The van der Waals surface area contributed by atoms with Gasteiger partial charge in [-0.2, -0.15) is 0 Å². The van der Waals surface area contributed by atoms with Crippen LogP contribution in [0.15, 0.2) is 46.0 Å². The van der Waals surface area contributed by atoms with Gasteiger partial charge in [0.2, 0.25) is 0 Å². The molecule has 5 heteroatoms. The van der Waals surface area contributed by atoms with Crippen molar-refractivity contribution in [2.75, 3.05) is 5.75 Å². The zero-order valence-corrected chi connectivity index (χ0v) is 10.4. The smallest absolute Gasteiger partial charge is 0.178 e. The van der Waals surface area contributed by atoms with E-state index in [2.05, 4.69) is 0 Å². The number of rotatable bonds is 4. The molecule has 88 valence electrons. The summed E-state index contributed by atoms with van der Waals surface area (Å²) < 4.78 is 25.7. The molecule has 0 aliphatic rings. The molecule has 0 aliphatic carbocycles. The molecule has 2 nitrogen and oxygen atoms in total. The highest BCUT2D eigenvalue weighted by molar-refractivity contribution is 7.88. The first-order chi connectivity index (χ1) is 8.18. The zero-order chi connectivity index (χ0) is 12.3. The third kappa shape index (κ3) is 2.87. The number of carbonyl (C=O) groups excluding carboxylic acids is 1. The third-order valence-corrected chi connectivity index (χ3v) is 4.77. The number of benzene rings is 1. The van der Waals surface area contributed by atoms with Crippen LogP contribution in [0.25, 0.3) is 0 Å². The van der Waals surface area contributed by atoms with Gasteiger partial charge in [-0.3, -0.25) is 9.00 Å². The number of Topliss-reactive ketones (excluding diaryl/α,β-unsaturated/α-hetero) is 1. The molecule has 0 saturated carbocycles. The lowest BCUT2D eigenvalue weighted by Gasteiger charge is -2.01. The Labute approximate surface area is 105 Å². The van der Waals surface area contributed by atoms with E-state index in [1.54, 1.807) is 23.6 Å². The van der Waals surface area contributed by atoms with E-state index in [9.17, 15) is 13.4 Å². The molecule has 1 heterocycles. The van der Waals surface area contributed by atoms with Gasteiger partial charge in [0, 0.05) is 0 Å². The zero-order valence-electron chi connectivity index (χ0n) is 8.76. The fourth-order valence-electron chi connectivity index (χ4n) is 1.35. The first kappa shape index (κ1) is 12.1. The van der Waals surface area contributed by atoms with Crippen LogP contribution in [-0.4, -0.2) is 15.7 Å². The van der Waals surface area contributed by atoms with Gasteiger partial charge >= 0.3 is 0 Å². The third-order valence-electron chi connectivity index (χ3n) is 2.16. The molecule has 0 N–H and O–H groups in total. The molecule has 0 radical (unpaired) electrons. The SMILES string of the molecule is O=C(CS(=O)c1cccs1)c1ccccc1F. The number of hydrogen-bond acceptors (Lipinski definition) is 3. The minimum atomic E-state index is -1.39. The Bertz CT molecular complexity index is 549. The average molecular weight is 268 g/mol. The Morgan fingerprint density at radius 2 is 2.00 bits per heavy atom. The second-order valence-electron chi connectivity index (χ2n) is 3.32. The molecule has 0 bridgehead atoms. The van der Waals surface area contributed by atoms with E-state index < -0.39 is 22.4 Å². The van der Waals surface area contributed by atoms with Crippen molar-refractivity contribution in [3.05, 3.63) is 53.2 Å². The molecule has 17 heavy (non-hydrogen) atoms. The molecular weight excluding hydrogens is 259 g/mol. The Balaban J connectivity index is 2.13. The van der Waals surface area contributed by atoms with Gasteiger partial charge in [-0.1, -0.05) is 18.2 Å². The molecule has 0 spiro atoms. The monoisotopic (exact) mass is 268 g/mol. The predicted octanol–water partition coefficient (Wildman–Crippen LogP) is 2.88. The second kappa shape index (κ2) is 5.33. The van der Waals surface area contributed by atoms with E-state index in [0.29, 0.717) is 4.21 Å². The lowest BCUT2D eigenvalue weighted by Crippen LogP contribution is -2.12. The largest absolute Gasteiger partial charge is 0.293 e. The van der Waals surface area contributed by atoms with Crippen molar-refractivity contribution in [2.45, 2.75) is 4.21 Å². The van der Waals surface area contributed by atoms with Crippen molar-refractivity contribution in [2.24, 2.45) is 0 Å². The first-order valence-corrected chi connectivity index (χ1v) is 7.08. The van der Waals surface area contributed by atoms with Crippen LogP contribution in [0.5, 0.6) is 0 Å². The Kier molecular flexibility index (Phi) is 3.81. The van der Waals surface area contributed by atoms with E-state index in [4.69, 9.17) is 0 Å². The summed E-state index contributed by atoms with van der Waals surface area (Å²) in [6.45, 7) is 0. The normalized spacial score (nSPS) is 12.3. The molecule has 0 saturated heterocycles. The maximum atomic E-state index is 13.3. The van der Waals surface area contributed by atoms with Crippen molar-refractivity contribution in [1.82, 2.24) is 0 Å². The summed E-state index contributed by atoms with van der Waals surface area (Å²) in [5.41, 5.74) is -0.00240. The highest BCUT2D eigenvalue weighted by Crippen LogP contribution is 2.16. The van der Waals surface area contributed by atoms with Crippen LogP contribution in [0.4, 0.5) is 4.39 Å². The van der Waals surface area contributed by atoms with E-state index in [1.165, 1.54) is 29.5 Å². The van der Waals surface area contributed by atoms with E-state index in [0.717, 1.165) is 0 Å². The van der Waals surface area contributed by atoms with Crippen molar-refractivity contribution < 1.29 is 13.4 Å². The van der Waals surface area contributed by atoms with Crippen molar-refractivity contribution in [1.29, 1.82) is 0 Å². The number of carbonyl (C=O) groups is 1. The van der Waals surface area contributed by atoms with Gasteiger partial charge in [-0.25, -0.2) is 4.39 Å². The molecule has 0 aliphatic heterocycles. The van der Waals surface area contributed by atoms with Crippen LogP contribution in [0.2, 0.25) is 0 Å². The van der Waals surface area contributed by atoms with Crippen LogP contribution in [-0.2, 0) is 10.8 Å². The van der Waals surface area contributed by atoms with E-state index >= 15 is 0 Å². The van der Waals surface area contributed by atoms with Gasteiger partial charge in [0.05, 0.1) is 26.3 Å². The fraction of sp³-hybridized carbons (Fsp3) is 0.0833. The minimum Gasteiger partial charge on any atom is -0.293 e. The van der Waals surface area contributed by atoms with Crippen LogP contribution >= 0.6 is 11.3 Å². The predicted molar refractivity (Wildman–Crippen MR) is 66.3 cm³/mol. The van der Waals surface area contributed by atoms with Gasteiger partial charge in [0.25, 0.3) is 0 Å². The molecule has 0 amide bonds. The van der Waals surface area contributed by atoms with Crippen LogP contribution < -0.4 is 0 Å². The lowest BCUT2D eigenvalue weighted by atomic mass is 10.1. The fourth-order valence-corrected chi connectivity index (χ4v) is 3.34. The quantitative estimate of drug-likeness (QED) is 0.799. The van der Waals surface area contributed by atoms with Crippen LogP contribution in [0.1, 0.15) is 10.4 Å². The van der Waals surface area contributed by atoms with Crippen molar-refractivity contribution in [3.63, 3.8) is 0 Å². The average Bonchev–Trinajstić information content (AvgIpc) is 2.82. The van der Waals surface area contributed by atoms with Crippen LogP contribution in [0, 0.1) is 5.82 Å². The van der Waals surface area contributed by atoms with Gasteiger partial charge in [-0.15, -0.1) is 11.3 Å². The molecule has 2 aromatic rings. The van der Waals surface area contributed by atoms with E-state index in [-0.39, 0.29) is 11.3 Å². The Morgan fingerprint density at radius 3 is 2.65 bits per heavy atom. The highest BCUT2D eigenvalue weighted by atomic mass is 32.2. The standard InChI is InChI=1S/C12H9FO2S2/c13-10-5-2-1-4-9(10)11(14)8-17(15)12-6-3-7-16-12/h1-7H,8H2. The number of halogens is 1. The maximum absolute atomic E-state index is 13.3. The van der Waals surface area contributed by atoms with Gasteiger partial charge < -0.3 is 0 Å². The number of thiophene rings is 1. The number of ketones is 1. The lowest BCUT2D eigenvalue weighted by molar-refractivity contribution is 0.101. The Hall–Kier alpha value is -1.33. The van der Waals surface area contributed by atoms with Gasteiger partial charge in [0.1, 0.15) is 5.82 Å². The molecule has 1 aromatic heterocycles. The summed E-state index contributed by atoms with van der Waals surface area (Å²) in [7, 11) is -1.39. The van der Waals surface area contributed by atoms with Crippen molar-refractivity contribution >= 4 is 27.9 Å².